The zero-order valence-corrected chi connectivity index (χ0v) is 16.5. The van der Waals surface area contributed by atoms with Gasteiger partial charge >= 0.3 is 12.1 Å². The molecular weight excluding hydrogens is 437 g/mol. The predicted octanol–water partition coefficient (Wildman–Crippen LogP) is 6.13. The van der Waals surface area contributed by atoms with Gasteiger partial charge in [-0.3, -0.25) is 4.79 Å². The van der Waals surface area contributed by atoms with Gasteiger partial charge in [-0.25, -0.2) is 0 Å². The predicted molar refractivity (Wildman–Crippen MR) is 102 cm³/mol. The molecule has 1 aliphatic carbocycles. The number of alkyl halides is 3. The molecule has 0 spiro atoms. The van der Waals surface area contributed by atoms with Gasteiger partial charge in [0.2, 0.25) is 0 Å². The lowest BCUT2D eigenvalue weighted by Gasteiger charge is -2.35. The van der Waals surface area contributed by atoms with Gasteiger partial charge in [0.25, 0.3) is 0 Å². The maximum Gasteiger partial charge on any atom is 0.416 e. The van der Waals surface area contributed by atoms with E-state index in [4.69, 9.17) is 4.74 Å². The van der Waals surface area contributed by atoms with E-state index in [2.05, 4.69) is 15.9 Å². The molecule has 0 aliphatic heterocycles. The van der Waals surface area contributed by atoms with E-state index in [1.807, 2.05) is 24.3 Å². The summed E-state index contributed by atoms with van der Waals surface area (Å²) in [6, 6.07) is 12.1. The van der Waals surface area contributed by atoms with E-state index in [-0.39, 0.29) is 18.4 Å². The summed E-state index contributed by atoms with van der Waals surface area (Å²) in [5, 5.41) is 9.83. The smallest absolute Gasteiger partial charge is 0.416 e. The number of carboxylic acid groups (broad SMARTS) is 1. The van der Waals surface area contributed by atoms with Gasteiger partial charge in [-0.15, -0.1) is 0 Å². The van der Waals surface area contributed by atoms with Crippen molar-refractivity contribution in [2.75, 3.05) is 6.61 Å². The molecule has 3 nitrogen and oxygen atoms in total. The van der Waals surface area contributed by atoms with Crippen molar-refractivity contribution in [2.24, 2.45) is 11.8 Å². The van der Waals surface area contributed by atoms with Crippen molar-refractivity contribution >= 4 is 21.9 Å². The summed E-state index contributed by atoms with van der Waals surface area (Å²) in [6.07, 6.45) is -2.01. The summed E-state index contributed by atoms with van der Waals surface area (Å²) in [5.41, 5.74) is 0.242. The molecule has 1 saturated carbocycles. The second-order valence-electron chi connectivity index (χ2n) is 7.05. The Labute approximate surface area is 169 Å². The van der Waals surface area contributed by atoms with E-state index >= 15 is 0 Å². The van der Waals surface area contributed by atoms with Gasteiger partial charge in [-0.05, 0) is 60.7 Å². The van der Waals surface area contributed by atoms with Crippen molar-refractivity contribution in [3.05, 3.63) is 64.1 Å². The second kappa shape index (κ2) is 8.55. The van der Waals surface area contributed by atoms with Crippen LogP contribution in [0.3, 0.4) is 0 Å². The van der Waals surface area contributed by atoms with E-state index in [1.54, 1.807) is 0 Å². The molecule has 0 amide bonds. The molecule has 0 bridgehead atoms. The topological polar surface area (TPSA) is 46.5 Å². The molecule has 150 valence electrons. The van der Waals surface area contributed by atoms with Crippen LogP contribution in [0.4, 0.5) is 13.2 Å². The Bertz CT molecular complexity index is 803. The molecule has 0 heterocycles. The Kier molecular flexibility index (Phi) is 6.33. The van der Waals surface area contributed by atoms with Gasteiger partial charge in [-0.1, -0.05) is 34.5 Å². The monoisotopic (exact) mass is 456 g/mol. The molecule has 0 radical (unpaired) electrons. The van der Waals surface area contributed by atoms with E-state index in [0.717, 1.165) is 35.0 Å². The Morgan fingerprint density at radius 2 is 1.71 bits per heavy atom. The molecule has 2 aromatic carbocycles. The number of hydrogen-bond donors (Lipinski definition) is 1. The van der Waals surface area contributed by atoms with Gasteiger partial charge in [-0.2, -0.15) is 13.2 Å². The largest absolute Gasteiger partial charge is 0.493 e. The van der Waals surface area contributed by atoms with E-state index < -0.39 is 23.6 Å². The fraction of sp³-hybridized carbons (Fsp3) is 0.381. The van der Waals surface area contributed by atoms with Gasteiger partial charge < -0.3 is 9.84 Å². The molecule has 3 atom stereocenters. The third-order valence-electron chi connectivity index (χ3n) is 5.26. The summed E-state index contributed by atoms with van der Waals surface area (Å²) in [6.45, 7) is 0.162. The summed E-state index contributed by atoms with van der Waals surface area (Å²) in [7, 11) is 0. The van der Waals surface area contributed by atoms with Crippen LogP contribution < -0.4 is 4.74 Å². The lowest BCUT2D eigenvalue weighted by molar-refractivity contribution is -0.146. The van der Waals surface area contributed by atoms with Crippen LogP contribution >= 0.6 is 15.9 Å². The van der Waals surface area contributed by atoms with Gasteiger partial charge in [0.05, 0.1) is 18.1 Å². The van der Waals surface area contributed by atoms with Crippen molar-refractivity contribution in [3.8, 4) is 5.75 Å². The van der Waals surface area contributed by atoms with Crippen LogP contribution in [0.1, 0.15) is 36.3 Å². The molecular formula is C21H20BrF3O3. The molecule has 0 saturated heterocycles. The van der Waals surface area contributed by atoms with Crippen LogP contribution in [-0.4, -0.2) is 17.7 Å². The first-order valence-electron chi connectivity index (χ1n) is 9.04. The quantitative estimate of drug-likeness (QED) is 0.588. The fourth-order valence-corrected chi connectivity index (χ4v) is 4.14. The Balaban J connectivity index is 1.71. The highest BCUT2D eigenvalue weighted by molar-refractivity contribution is 9.10. The summed E-state index contributed by atoms with van der Waals surface area (Å²) >= 11 is 3.39. The SMILES string of the molecule is O=C(O)C1C(COc2ccc(C(F)(F)F)cc2)CCCC1c1ccc(Br)cc1. The molecule has 2 aromatic rings. The molecule has 0 aromatic heterocycles. The molecule has 1 aliphatic rings. The van der Waals surface area contributed by atoms with Gasteiger partial charge in [0.15, 0.2) is 0 Å². The summed E-state index contributed by atoms with van der Waals surface area (Å²) in [5.74, 6) is -1.47. The van der Waals surface area contributed by atoms with E-state index in [0.29, 0.717) is 12.2 Å². The van der Waals surface area contributed by atoms with Crippen LogP contribution in [0.2, 0.25) is 0 Å². The Morgan fingerprint density at radius 3 is 2.29 bits per heavy atom. The Morgan fingerprint density at radius 1 is 1.07 bits per heavy atom. The molecule has 3 rings (SSSR count). The average Bonchev–Trinajstić information content (AvgIpc) is 2.66. The van der Waals surface area contributed by atoms with Crippen molar-refractivity contribution in [1.29, 1.82) is 0 Å². The zero-order valence-electron chi connectivity index (χ0n) is 15.0. The van der Waals surface area contributed by atoms with Gasteiger partial charge in [0, 0.05) is 10.4 Å². The number of halogens is 4. The first kappa shape index (κ1) is 20.7. The van der Waals surface area contributed by atoms with Crippen molar-refractivity contribution < 1.29 is 27.8 Å². The minimum atomic E-state index is -4.39. The number of hydrogen-bond acceptors (Lipinski definition) is 2. The number of carboxylic acids is 1. The minimum absolute atomic E-state index is 0.111. The fourth-order valence-electron chi connectivity index (χ4n) is 3.88. The van der Waals surface area contributed by atoms with Gasteiger partial charge in [0.1, 0.15) is 5.75 Å². The third kappa shape index (κ3) is 4.87. The van der Waals surface area contributed by atoms with Crippen LogP contribution in [-0.2, 0) is 11.0 Å². The standard InChI is InChI=1S/C21H20BrF3O3/c22-16-8-4-13(5-9-16)18-3-1-2-14(19(18)20(26)27)12-28-17-10-6-15(7-11-17)21(23,24)25/h4-11,14,18-19H,1-3,12H2,(H,26,27). The maximum atomic E-state index is 12.7. The molecule has 28 heavy (non-hydrogen) atoms. The highest BCUT2D eigenvalue weighted by Crippen LogP contribution is 2.42. The first-order valence-corrected chi connectivity index (χ1v) is 9.83. The number of rotatable bonds is 5. The number of aliphatic carboxylic acids is 1. The maximum absolute atomic E-state index is 12.7. The first-order chi connectivity index (χ1) is 13.3. The van der Waals surface area contributed by atoms with E-state index in [1.165, 1.54) is 12.1 Å². The Hall–Kier alpha value is -2.02. The zero-order chi connectivity index (χ0) is 20.3. The van der Waals surface area contributed by atoms with Crippen LogP contribution in [0.15, 0.2) is 53.0 Å². The average molecular weight is 457 g/mol. The normalized spacial score (nSPS) is 22.6. The van der Waals surface area contributed by atoms with Crippen LogP contribution in [0, 0.1) is 11.8 Å². The molecule has 1 N–H and O–H groups in total. The lowest BCUT2D eigenvalue weighted by atomic mass is 9.69. The highest BCUT2D eigenvalue weighted by Gasteiger charge is 2.39. The van der Waals surface area contributed by atoms with Crippen LogP contribution in [0.25, 0.3) is 0 Å². The van der Waals surface area contributed by atoms with Crippen molar-refractivity contribution in [2.45, 2.75) is 31.4 Å². The molecule has 3 unspecified atom stereocenters. The summed E-state index contributed by atoms with van der Waals surface area (Å²) < 4.78 is 44.6. The highest BCUT2D eigenvalue weighted by atomic mass is 79.9. The lowest BCUT2D eigenvalue weighted by Crippen LogP contribution is -2.36. The molecule has 1 fully saturated rings. The summed E-state index contributed by atoms with van der Waals surface area (Å²) in [4.78, 5) is 12.0. The van der Waals surface area contributed by atoms with Crippen molar-refractivity contribution in [1.82, 2.24) is 0 Å². The molecule has 7 heteroatoms. The van der Waals surface area contributed by atoms with E-state index in [9.17, 15) is 23.1 Å². The minimum Gasteiger partial charge on any atom is -0.493 e. The number of carbonyl (C=O) groups is 1. The second-order valence-corrected chi connectivity index (χ2v) is 7.96. The van der Waals surface area contributed by atoms with Crippen LogP contribution in [0.5, 0.6) is 5.75 Å². The van der Waals surface area contributed by atoms with Crippen molar-refractivity contribution in [3.63, 3.8) is 0 Å². The number of benzene rings is 2. The third-order valence-corrected chi connectivity index (χ3v) is 5.79. The number of ether oxygens (including phenoxy) is 1.